The number of thiophene rings is 2. The highest BCUT2D eigenvalue weighted by Gasteiger charge is 2.22. The van der Waals surface area contributed by atoms with Crippen LogP contribution >= 0.6 is 22.7 Å². The predicted molar refractivity (Wildman–Crippen MR) is 239 cm³/mol. The highest BCUT2D eigenvalue weighted by Crippen LogP contribution is 2.51. The van der Waals surface area contributed by atoms with E-state index in [1.807, 2.05) is 22.7 Å². The summed E-state index contributed by atoms with van der Waals surface area (Å²) in [7, 11) is 0. The van der Waals surface area contributed by atoms with Crippen LogP contribution in [-0.2, 0) is 0 Å². The van der Waals surface area contributed by atoms with Gasteiger partial charge in [0.15, 0.2) is 0 Å². The lowest BCUT2D eigenvalue weighted by molar-refractivity contribution is 1.64. The molecule has 0 spiro atoms. The van der Waals surface area contributed by atoms with E-state index in [0.29, 0.717) is 0 Å². The second-order valence-corrected chi connectivity index (χ2v) is 16.4. The SMILES string of the molecule is c1ccc(-c2ccc(-c3c4ccccc4c(-c4ccc5sc6c(c5c4)c4ccccc4c4sc5ccccc5c46)c4ccccc34)c3ccccc23)cc1. The summed E-state index contributed by atoms with van der Waals surface area (Å²) < 4.78 is 5.47. The van der Waals surface area contributed by atoms with Gasteiger partial charge in [0, 0.05) is 45.7 Å². The molecule has 0 nitrogen and oxygen atoms in total. The predicted octanol–water partition coefficient (Wildman–Crippen LogP) is 16.0. The van der Waals surface area contributed by atoms with E-state index in [9.17, 15) is 0 Å². The van der Waals surface area contributed by atoms with Crippen molar-refractivity contribution in [2.24, 2.45) is 0 Å². The first-order valence-corrected chi connectivity index (χ1v) is 20.1. The Morgan fingerprint density at radius 2 is 0.759 bits per heavy atom. The van der Waals surface area contributed by atoms with E-state index in [-0.39, 0.29) is 0 Å². The van der Waals surface area contributed by atoms with Crippen LogP contribution in [0.25, 0.3) is 117 Å². The van der Waals surface area contributed by atoms with Gasteiger partial charge in [-0.2, -0.15) is 0 Å². The Hall–Kier alpha value is -6.32. The molecule has 2 heteroatoms. The molecule has 0 aliphatic heterocycles. The summed E-state index contributed by atoms with van der Waals surface area (Å²) in [5, 5.41) is 15.8. The van der Waals surface area contributed by atoms with Gasteiger partial charge in [0.05, 0.1) is 0 Å². The molecule has 0 bridgehead atoms. The average molecular weight is 719 g/mol. The van der Waals surface area contributed by atoms with Gasteiger partial charge in [-0.05, 0) is 89.3 Å². The summed E-state index contributed by atoms with van der Waals surface area (Å²) in [4.78, 5) is 0. The van der Waals surface area contributed by atoms with E-state index in [2.05, 4.69) is 182 Å². The summed E-state index contributed by atoms with van der Waals surface area (Å²) >= 11 is 3.87. The van der Waals surface area contributed by atoms with Gasteiger partial charge < -0.3 is 0 Å². The fraction of sp³-hybridized carbons (Fsp3) is 0. The van der Waals surface area contributed by atoms with Crippen molar-refractivity contribution in [3.63, 3.8) is 0 Å². The number of hydrogen-bond acceptors (Lipinski definition) is 2. The zero-order valence-corrected chi connectivity index (χ0v) is 30.8. The van der Waals surface area contributed by atoms with Gasteiger partial charge in [-0.15, -0.1) is 22.7 Å². The molecule has 2 heterocycles. The topological polar surface area (TPSA) is 0 Å². The van der Waals surface area contributed by atoms with E-state index in [4.69, 9.17) is 0 Å². The monoisotopic (exact) mass is 718 g/mol. The van der Waals surface area contributed by atoms with Crippen molar-refractivity contribution in [2.75, 3.05) is 0 Å². The van der Waals surface area contributed by atoms with Gasteiger partial charge in [-0.3, -0.25) is 0 Å². The molecule has 10 aromatic carbocycles. The summed E-state index contributed by atoms with van der Waals surface area (Å²) in [5.41, 5.74) is 7.61. The van der Waals surface area contributed by atoms with Crippen LogP contribution < -0.4 is 0 Å². The van der Waals surface area contributed by atoms with E-state index >= 15 is 0 Å². The lowest BCUT2D eigenvalue weighted by Crippen LogP contribution is -1.92. The Balaban J connectivity index is 1.17. The van der Waals surface area contributed by atoms with E-state index in [1.54, 1.807) is 0 Å². The van der Waals surface area contributed by atoms with Crippen LogP contribution in [0.15, 0.2) is 182 Å². The Morgan fingerprint density at radius 1 is 0.259 bits per heavy atom. The van der Waals surface area contributed by atoms with Crippen LogP contribution in [0.1, 0.15) is 0 Å². The molecule has 0 saturated heterocycles. The Labute approximate surface area is 319 Å². The molecular weight excluding hydrogens is 689 g/mol. The summed E-state index contributed by atoms with van der Waals surface area (Å²) in [6, 6.07) is 67.6. The fourth-order valence-corrected chi connectivity index (χ4v) is 11.7. The second kappa shape index (κ2) is 11.6. The highest BCUT2D eigenvalue weighted by atomic mass is 32.1. The minimum atomic E-state index is 1.24. The molecule has 250 valence electrons. The molecule has 0 aliphatic rings. The fourth-order valence-electron chi connectivity index (χ4n) is 9.17. The Kier molecular flexibility index (Phi) is 6.48. The van der Waals surface area contributed by atoms with E-state index < -0.39 is 0 Å². The van der Waals surface area contributed by atoms with Gasteiger partial charge in [-0.1, -0.05) is 164 Å². The summed E-state index contributed by atoms with van der Waals surface area (Å²) in [6.45, 7) is 0. The van der Waals surface area contributed by atoms with Crippen LogP contribution in [-0.4, -0.2) is 0 Å². The molecule has 0 radical (unpaired) electrons. The molecule has 54 heavy (non-hydrogen) atoms. The molecule has 0 unspecified atom stereocenters. The van der Waals surface area contributed by atoms with Gasteiger partial charge in [0.2, 0.25) is 0 Å². The van der Waals surface area contributed by atoms with Gasteiger partial charge >= 0.3 is 0 Å². The molecule has 12 aromatic rings. The van der Waals surface area contributed by atoms with Crippen LogP contribution in [0.2, 0.25) is 0 Å². The standard InChI is InChI=1S/C52H30S2/c1-2-14-31(15-3-1)33-27-28-41(35-17-5-4-16-34(33)35)48-38-20-8-6-18-36(38)47(37-19-7-9-21-39(37)48)32-26-29-46-44(30-32)49-40-22-10-11-23-42(40)51-50(52(49)54-46)43-24-12-13-25-45(43)53-51/h1-30H. The third kappa shape index (κ3) is 4.24. The van der Waals surface area contributed by atoms with Crippen molar-refractivity contribution in [2.45, 2.75) is 0 Å². The van der Waals surface area contributed by atoms with Crippen molar-refractivity contribution in [1.82, 2.24) is 0 Å². The van der Waals surface area contributed by atoms with Crippen molar-refractivity contribution in [1.29, 1.82) is 0 Å². The first-order valence-electron chi connectivity index (χ1n) is 18.5. The van der Waals surface area contributed by atoms with E-state index in [0.717, 1.165) is 0 Å². The quantitative estimate of drug-likeness (QED) is 0.160. The maximum absolute atomic E-state index is 2.49. The molecule has 0 saturated carbocycles. The normalized spacial score (nSPS) is 12.1. The molecular formula is C52H30S2. The molecule has 0 N–H and O–H groups in total. The Bertz CT molecular complexity index is 3430. The minimum Gasteiger partial charge on any atom is -0.134 e. The average Bonchev–Trinajstić information content (AvgIpc) is 3.82. The van der Waals surface area contributed by atoms with Crippen LogP contribution in [0.5, 0.6) is 0 Å². The molecule has 0 amide bonds. The number of fused-ring (bicyclic) bond motifs is 13. The zero-order chi connectivity index (χ0) is 35.3. The third-order valence-corrected chi connectivity index (χ3v) is 13.8. The van der Waals surface area contributed by atoms with Gasteiger partial charge in [0.25, 0.3) is 0 Å². The van der Waals surface area contributed by atoms with Crippen molar-refractivity contribution in [3.05, 3.63) is 182 Å². The molecule has 0 fully saturated rings. The van der Waals surface area contributed by atoms with Gasteiger partial charge in [-0.25, -0.2) is 0 Å². The molecule has 0 aliphatic carbocycles. The second-order valence-electron chi connectivity index (χ2n) is 14.3. The number of hydrogen-bond donors (Lipinski definition) is 0. The molecule has 0 atom stereocenters. The van der Waals surface area contributed by atoms with Crippen LogP contribution in [0.4, 0.5) is 0 Å². The van der Waals surface area contributed by atoms with E-state index in [1.165, 1.54) is 117 Å². The molecule has 12 rings (SSSR count). The largest absolute Gasteiger partial charge is 0.134 e. The van der Waals surface area contributed by atoms with Crippen LogP contribution in [0.3, 0.4) is 0 Å². The molecule has 2 aromatic heterocycles. The van der Waals surface area contributed by atoms with Crippen molar-refractivity contribution in [3.8, 4) is 33.4 Å². The lowest BCUT2D eigenvalue weighted by Gasteiger charge is -2.19. The maximum atomic E-state index is 2.49. The van der Waals surface area contributed by atoms with Crippen LogP contribution in [0, 0.1) is 0 Å². The first kappa shape index (κ1) is 30.2. The van der Waals surface area contributed by atoms with Crippen molar-refractivity contribution >= 4 is 106 Å². The lowest BCUT2D eigenvalue weighted by atomic mass is 9.83. The Morgan fingerprint density at radius 3 is 1.46 bits per heavy atom. The smallest absolute Gasteiger partial charge is 0.0455 e. The number of benzene rings is 10. The minimum absolute atomic E-state index is 1.24. The highest BCUT2D eigenvalue weighted by molar-refractivity contribution is 7.30. The van der Waals surface area contributed by atoms with Gasteiger partial charge in [0.1, 0.15) is 0 Å². The first-order chi connectivity index (χ1) is 26.8. The summed E-state index contributed by atoms with van der Waals surface area (Å²) in [5.74, 6) is 0. The zero-order valence-electron chi connectivity index (χ0n) is 29.1. The van der Waals surface area contributed by atoms with Crippen molar-refractivity contribution < 1.29 is 0 Å². The summed E-state index contributed by atoms with van der Waals surface area (Å²) in [6.07, 6.45) is 0. The third-order valence-electron chi connectivity index (χ3n) is 11.4. The maximum Gasteiger partial charge on any atom is 0.0455 e. The number of rotatable bonds is 3.